The Morgan fingerprint density at radius 2 is 2.28 bits per heavy atom. The van der Waals surface area contributed by atoms with Crippen LogP contribution in [0, 0.1) is 0 Å². The van der Waals surface area contributed by atoms with Crippen molar-refractivity contribution in [3.63, 3.8) is 0 Å². The molecule has 0 radical (unpaired) electrons. The summed E-state index contributed by atoms with van der Waals surface area (Å²) < 4.78 is 5.25. The molecule has 0 bridgehead atoms. The first-order chi connectivity index (χ1) is 8.58. The van der Waals surface area contributed by atoms with E-state index in [9.17, 15) is 4.79 Å². The maximum absolute atomic E-state index is 10.5. The molecule has 5 heteroatoms. The van der Waals surface area contributed by atoms with Gasteiger partial charge in [-0.15, -0.1) is 0 Å². The van der Waals surface area contributed by atoms with Gasteiger partial charge in [-0.3, -0.25) is 4.79 Å². The Morgan fingerprint density at radius 3 is 2.83 bits per heavy atom. The van der Waals surface area contributed by atoms with Gasteiger partial charge in [0.15, 0.2) is 0 Å². The quantitative estimate of drug-likeness (QED) is 0.667. The van der Waals surface area contributed by atoms with E-state index in [1.165, 1.54) is 0 Å². The van der Waals surface area contributed by atoms with Crippen LogP contribution in [0.3, 0.4) is 0 Å². The first-order valence-electron chi connectivity index (χ1n) is 5.93. The first-order valence-corrected chi connectivity index (χ1v) is 5.93. The number of carboxylic acid groups (broad SMARTS) is 1. The fraction of sp³-hybridized carbons (Fsp3) is 0.462. The standard InChI is InChI=1S/C13H20N2O3/c1-3-10-6-9(4-5-12(10)18-2)7-15-8-11(14)13(16)17/h4-6,11,15H,3,7-8,14H2,1-2H3,(H,16,17). The fourth-order valence-corrected chi connectivity index (χ4v) is 1.68. The molecule has 4 N–H and O–H groups in total. The van der Waals surface area contributed by atoms with E-state index >= 15 is 0 Å². The Balaban J connectivity index is 2.55. The Morgan fingerprint density at radius 1 is 1.56 bits per heavy atom. The Kier molecular flexibility index (Phi) is 5.61. The second-order valence-electron chi connectivity index (χ2n) is 4.08. The highest BCUT2D eigenvalue weighted by Crippen LogP contribution is 2.20. The van der Waals surface area contributed by atoms with Crippen LogP contribution in [0.1, 0.15) is 18.1 Å². The summed E-state index contributed by atoms with van der Waals surface area (Å²) in [6.07, 6.45) is 0.894. The van der Waals surface area contributed by atoms with E-state index in [1.807, 2.05) is 12.1 Å². The minimum atomic E-state index is -0.994. The van der Waals surface area contributed by atoms with Crippen molar-refractivity contribution in [2.24, 2.45) is 5.73 Å². The molecule has 0 saturated heterocycles. The lowest BCUT2D eigenvalue weighted by atomic mass is 10.1. The molecule has 0 spiro atoms. The molecule has 1 aromatic carbocycles. The minimum Gasteiger partial charge on any atom is -0.496 e. The Bertz CT molecular complexity index is 407. The van der Waals surface area contributed by atoms with Crippen molar-refractivity contribution in [1.82, 2.24) is 5.32 Å². The number of hydrogen-bond acceptors (Lipinski definition) is 4. The van der Waals surface area contributed by atoms with Crippen LogP contribution in [0.5, 0.6) is 5.75 Å². The zero-order chi connectivity index (χ0) is 13.5. The Hall–Kier alpha value is -1.59. The van der Waals surface area contributed by atoms with Gasteiger partial charge >= 0.3 is 5.97 Å². The number of aryl methyl sites for hydroxylation is 1. The molecule has 0 aromatic heterocycles. The van der Waals surface area contributed by atoms with Gasteiger partial charge in [0.2, 0.25) is 0 Å². The van der Waals surface area contributed by atoms with E-state index in [2.05, 4.69) is 18.3 Å². The summed E-state index contributed by atoms with van der Waals surface area (Å²) in [5.41, 5.74) is 7.63. The van der Waals surface area contributed by atoms with Crippen LogP contribution < -0.4 is 15.8 Å². The summed E-state index contributed by atoms with van der Waals surface area (Å²) in [6, 6.07) is 5.07. The first kappa shape index (κ1) is 14.5. The third-order valence-corrected chi connectivity index (χ3v) is 2.74. The molecular formula is C13H20N2O3. The van der Waals surface area contributed by atoms with Gasteiger partial charge < -0.3 is 20.9 Å². The predicted molar refractivity (Wildman–Crippen MR) is 69.7 cm³/mol. The monoisotopic (exact) mass is 252 g/mol. The third-order valence-electron chi connectivity index (χ3n) is 2.74. The molecule has 0 heterocycles. The number of carboxylic acids is 1. The van der Waals surface area contributed by atoms with E-state index in [4.69, 9.17) is 15.6 Å². The largest absolute Gasteiger partial charge is 0.496 e. The number of nitrogens with one attached hydrogen (secondary N) is 1. The number of aliphatic carboxylic acids is 1. The molecular weight excluding hydrogens is 232 g/mol. The topological polar surface area (TPSA) is 84.6 Å². The van der Waals surface area contributed by atoms with Crippen LogP contribution in [0.2, 0.25) is 0 Å². The highest BCUT2D eigenvalue weighted by molar-refractivity contribution is 5.73. The van der Waals surface area contributed by atoms with E-state index in [0.29, 0.717) is 6.54 Å². The fourth-order valence-electron chi connectivity index (χ4n) is 1.68. The number of ether oxygens (including phenoxy) is 1. The van der Waals surface area contributed by atoms with E-state index in [0.717, 1.165) is 23.3 Å². The van der Waals surface area contributed by atoms with E-state index in [-0.39, 0.29) is 6.54 Å². The zero-order valence-electron chi connectivity index (χ0n) is 10.8. The van der Waals surface area contributed by atoms with Gasteiger partial charge in [0.1, 0.15) is 11.8 Å². The smallest absolute Gasteiger partial charge is 0.321 e. The summed E-state index contributed by atoms with van der Waals surface area (Å²) in [7, 11) is 1.65. The predicted octanol–water partition coefficient (Wildman–Crippen LogP) is 0.759. The number of methoxy groups -OCH3 is 1. The van der Waals surface area contributed by atoms with Crippen molar-refractivity contribution in [3.05, 3.63) is 29.3 Å². The lowest BCUT2D eigenvalue weighted by Gasteiger charge is -2.11. The molecule has 0 fully saturated rings. The molecule has 1 aromatic rings. The van der Waals surface area contributed by atoms with Gasteiger partial charge in [-0.2, -0.15) is 0 Å². The van der Waals surface area contributed by atoms with Crippen LogP contribution in [-0.2, 0) is 17.8 Å². The molecule has 0 aliphatic rings. The Labute approximate surface area is 107 Å². The number of nitrogens with two attached hydrogens (primary N) is 1. The summed E-state index contributed by atoms with van der Waals surface area (Å²) in [4.78, 5) is 10.5. The summed E-state index contributed by atoms with van der Waals surface area (Å²) in [5.74, 6) is -0.116. The molecule has 18 heavy (non-hydrogen) atoms. The van der Waals surface area contributed by atoms with Gasteiger partial charge in [0.25, 0.3) is 0 Å². The van der Waals surface area contributed by atoms with Gasteiger partial charge in [0, 0.05) is 13.1 Å². The molecule has 0 aliphatic carbocycles. The average Bonchev–Trinajstić information content (AvgIpc) is 2.38. The third kappa shape index (κ3) is 4.01. The maximum atomic E-state index is 10.5. The lowest BCUT2D eigenvalue weighted by molar-refractivity contribution is -0.138. The van der Waals surface area contributed by atoms with Crippen molar-refractivity contribution in [2.45, 2.75) is 25.9 Å². The van der Waals surface area contributed by atoms with Gasteiger partial charge in [-0.05, 0) is 23.6 Å². The van der Waals surface area contributed by atoms with Crippen LogP contribution >= 0.6 is 0 Å². The van der Waals surface area contributed by atoms with E-state index in [1.54, 1.807) is 7.11 Å². The highest BCUT2D eigenvalue weighted by Gasteiger charge is 2.10. The minimum absolute atomic E-state index is 0.253. The number of carbonyl (C=O) groups is 1. The SMILES string of the molecule is CCc1cc(CNCC(N)C(=O)O)ccc1OC. The molecule has 0 saturated carbocycles. The van der Waals surface area contributed by atoms with Crippen LogP contribution in [0.15, 0.2) is 18.2 Å². The second kappa shape index (κ2) is 6.98. The number of hydrogen-bond donors (Lipinski definition) is 3. The normalized spacial score (nSPS) is 12.2. The van der Waals surface area contributed by atoms with Gasteiger partial charge in [0.05, 0.1) is 7.11 Å². The molecule has 1 rings (SSSR count). The van der Waals surface area contributed by atoms with Crippen molar-refractivity contribution in [2.75, 3.05) is 13.7 Å². The molecule has 5 nitrogen and oxygen atoms in total. The second-order valence-corrected chi connectivity index (χ2v) is 4.08. The van der Waals surface area contributed by atoms with E-state index < -0.39 is 12.0 Å². The molecule has 0 amide bonds. The highest BCUT2D eigenvalue weighted by atomic mass is 16.5. The molecule has 0 aliphatic heterocycles. The molecule has 1 atom stereocenters. The van der Waals surface area contributed by atoms with Crippen molar-refractivity contribution >= 4 is 5.97 Å². The van der Waals surface area contributed by atoms with Crippen molar-refractivity contribution in [1.29, 1.82) is 0 Å². The lowest BCUT2D eigenvalue weighted by Crippen LogP contribution is -2.40. The molecule has 100 valence electrons. The maximum Gasteiger partial charge on any atom is 0.321 e. The average molecular weight is 252 g/mol. The van der Waals surface area contributed by atoms with Crippen molar-refractivity contribution in [3.8, 4) is 5.75 Å². The zero-order valence-corrected chi connectivity index (χ0v) is 10.8. The summed E-state index contributed by atoms with van der Waals surface area (Å²) in [5, 5.41) is 11.7. The molecule has 1 unspecified atom stereocenters. The van der Waals surface area contributed by atoms with Gasteiger partial charge in [-0.25, -0.2) is 0 Å². The summed E-state index contributed by atoms with van der Waals surface area (Å²) >= 11 is 0. The number of rotatable bonds is 7. The van der Waals surface area contributed by atoms with Crippen LogP contribution in [-0.4, -0.2) is 30.8 Å². The van der Waals surface area contributed by atoms with Crippen molar-refractivity contribution < 1.29 is 14.6 Å². The van der Waals surface area contributed by atoms with Crippen LogP contribution in [0.4, 0.5) is 0 Å². The van der Waals surface area contributed by atoms with Gasteiger partial charge in [-0.1, -0.05) is 19.1 Å². The number of benzene rings is 1. The summed E-state index contributed by atoms with van der Waals surface area (Å²) in [6.45, 7) is 2.91. The van der Waals surface area contributed by atoms with Crippen LogP contribution in [0.25, 0.3) is 0 Å².